The van der Waals surface area contributed by atoms with Crippen LogP contribution in [-0.2, 0) is 16.1 Å². The number of aryl methyl sites for hydroxylation is 1. The minimum atomic E-state index is -0.0915. The van der Waals surface area contributed by atoms with Crippen LogP contribution >= 0.6 is 0 Å². The number of nitrogens with one attached hydrogen (secondary N) is 2. The van der Waals surface area contributed by atoms with Crippen molar-refractivity contribution in [2.45, 2.75) is 39.2 Å². The number of hydrogen-bond donors (Lipinski definition) is 2. The minimum Gasteiger partial charge on any atom is -0.352 e. The molecule has 0 unspecified atom stereocenters. The van der Waals surface area contributed by atoms with Crippen molar-refractivity contribution in [3.63, 3.8) is 0 Å². The van der Waals surface area contributed by atoms with Crippen molar-refractivity contribution >= 4 is 17.5 Å². The van der Waals surface area contributed by atoms with E-state index < -0.39 is 0 Å². The minimum absolute atomic E-state index is 0.0324. The number of benzene rings is 2. The summed E-state index contributed by atoms with van der Waals surface area (Å²) in [6, 6.07) is 17.0. The molecular weight excluding hydrogens is 350 g/mol. The van der Waals surface area contributed by atoms with Crippen LogP contribution < -0.4 is 10.6 Å². The average molecular weight is 375 g/mol. The van der Waals surface area contributed by atoms with Crippen LogP contribution in [0.1, 0.15) is 42.4 Å². The van der Waals surface area contributed by atoms with E-state index in [-0.39, 0.29) is 23.7 Å². The molecular formula is C23H25N3O2. The second-order valence-electron chi connectivity index (χ2n) is 7.37. The van der Waals surface area contributed by atoms with Gasteiger partial charge in [0.05, 0.1) is 11.6 Å². The molecule has 0 bridgehead atoms. The zero-order valence-corrected chi connectivity index (χ0v) is 16.1. The quantitative estimate of drug-likeness (QED) is 0.831. The van der Waals surface area contributed by atoms with Gasteiger partial charge in [-0.2, -0.15) is 5.26 Å². The third-order valence-electron chi connectivity index (χ3n) is 5.44. The predicted octanol–water partition coefficient (Wildman–Crippen LogP) is 3.93. The summed E-state index contributed by atoms with van der Waals surface area (Å²) in [7, 11) is 0. The Labute approximate surface area is 165 Å². The molecule has 0 radical (unpaired) electrons. The molecule has 0 atom stereocenters. The molecule has 28 heavy (non-hydrogen) atoms. The number of amides is 2. The summed E-state index contributed by atoms with van der Waals surface area (Å²) >= 11 is 0. The van der Waals surface area contributed by atoms with E-state index in [0.717, 1.165) is 18.4 Å². The molecule has 1 saturated carbocycles. The number of carbonyl (C=O) groups is 2. The van der Waals surface area contributed by atoms with Crippen LogP contribution in [0.3, 0.4) is 0 Å². The molecule has 5 heteroatoms. The normalized spacial score (nSPS) is 18.7. The van der Waals surface area contributed by atoms with Gasteiger partial charge in [-0.3, -0.25) is 9.59 Å². The first-order valence-electron chi connectivity index (χ1n) is 9.70. The lowest BCUT2D eigenvalue weighted by Crippen LogP contribution is -2.35. The predicted molar refractivity (Wildman–Crippen MR) is 108 cm³/mol. The van der Waals surface area contributed by atoms with Crippen molar-refractivity contribution in [2.75, 3.05) is 5.32 Å². The maximum absolute atomic E-state index is 12.5. The summed E-state index contributed by atoms with van der Waals surface area (Å²) in [5.74, 6) is -0.0844. The SMILES string of the molecule is Cc1ccccc1CNC(=O)C1CCC(C(=O)Nc2cccc(C#N)c2)CC1. The van der Waals surface area contributed by atoms with Crippen LogP contribution in [0.25, 0.3) is 0 Å². The van der Waals surface area contributed by atoms with E-state index in [0.29, 0.717) is 30.6 Å². The maximum atomic E-state index is 12.5. The third kappa shape index (κ3) is 4.98. The Morgan fingerprint density at radius 1 is 1.00 bits per heavy atom. The monoisotopic (exact) mass is 375 g/mol. The van der Waals surface area contributed by atoms with E-state index >= 15 is 0 Å². The number of nitriles is 1. The van der Waals surface area contributed by atoms with Gasteiger partial charge in [-0.25, -0.2) is 0 Å². The highest BCUT2D eigenvalue weighted by Crippen LogP contribution is 2.30. The first-order valence-corrected chi connectivity index (χ1v) is 9.70. The number of nitrogens with zero attached hydrogens (tertiary/aromatic N) is 1. The summed E-state index contributed by atoms with van der Waals surface area (Å²) in [6.45, 7) is 2.58. The van der Waals surface area contributed by atoms with E-state index in [4.69, 9.17) is 5.26 Å². The van der Waals surface area contributed by atoms with E-state index in [1.165, 1.54) is 5.56 Å². The number of anilines is 1. The number of hydrogen-bond acceptors (Lipinski definition) is 3. The molecule has 3 rings (SSSR count). The van der Waals surface area contributed by atoms with Gasteiger partial charge < -0.3 is 10.6 Å². The molecule has 1 aliphatic rings. The molecule has 2 N–H and O–H groups in total. The first-order chi connectivity index (χ1) is 13.6. The van der Waals surface area contributed by atoms with E-state index in [1.807, 2.05) is 31.2 Å². The summed E-state index contributed by atoms with van der Waals surface area (Å²) in [5, 5.41) is 14.9. The molecule has 2 aromatic carbocycles. The molecule has 5 nitrogen and oxygen atoms in total. The molecule has 2 aromatic rings. The molecule has 0 heterocycles. The zero-order valence-electron chi connectivity index (χ0n) is 16.1. The summed E-state index contributed by atoms with van der Waals surface area (Å²) in [4.78, 5) is 25.0. The van der Waals surface area contributed by atoms with Gasteiger partial charge in [0.1, 0.15) is 0 Å². The lowest BCUT2D eigenvalue weighted by Gasteiger charge is -2.27. The maximum Gasteiger partial charge on any atom is 0.227 e. The highest BCUT2D eigenvalue weighted by Gasteiger charge is 2.29. The fourth-order valence-corrected chi connectivity index (χ4v) is 3.66. The molecule has 0 aliphatic heterocycles. The van der Waals surface area contributed by atoms with Crippen LogP contribution in [0.4, 0.5) is 5.69 Å². The smallest absolute Gasteiger partial charge is 0.227 e. The number of rotatable bonds is 5. The van der Waals surface area contributed by atoms with Crippen molar-refractivity contribution in [2.24, 2.45) is 11.8 Å². The third-order valence-corrected chi connectivity index (χ3v) is 5.44. The van der Waals surface area contributed by atoms with Crippen molar-refractivity contribution < 1.29 is 9.59 Å². The zero-order chi connectivity index (χ0) is 19.9. The average Bonchev–Trinajstić information content (AvgIpc) is 2.73. The van der Waals surface area contributed by atoms with Crippen molar-refractivity contribution in [1.29, 1.82) is 5.26 Å². The van der Waals surface area contributed by atoms with Crippen LogP contribution in [0.5, 0.6) is 0 Å². The molecule has 0 aromatic heterocycles. The van der Waals surface area contributed by atoms with Crippen LogP contribution in [0.15, 0.2) is 48.5 Å². The largest absolute Gasteiger partial charge is 0.352 e. The van der Waals surface area contributed by atoms with Gasteiger partial charge in [0.15, 0.2) is 0 Å². The number of carbonyl (C=O) groups excluding carboxylic acids is 2. The fourth-order valence-electron chi connectivity index (χ4n) is 3.66. The molecule has 144 valence electrons. The topological polar surface area (TPSA) is 82.0 Å². The lowest BCUT2D eigenvalue weighted by molar-refractivity contribution is -0.128. The highest BCUT2D eigenvalue weighted by molar-refractivity contribution is 5.93. The second-order valence-corrected chi connectivity index (χ2v) is 7.37. The summed E-state index contributed by atoms with van der Waals surface area (Å²) in [5.41, 5.74) is 3.46. The van der Waals surface area contributed by atoms with Gasteiger partial charge in [-0.15, -0.1) is 0 Å². The Bertz CT molecular complexity index is 893. The first kappa shape index (κ1) is 19.6. The lowest BCUT2D eigenvalue weighted by atomic mass is 9.81. The van der Waals surface area contributed by atoms with Gasteiger partial charge in [0.2, 0.25) is 11.8 Å². The van der Waals surface area contributed by atoms with Gasteiger partial charge in [0, 0.05) is 24.1 Å². The second kappa shape index (κ2) is 9.18. The summed E-state index contributed by atoms with van der Waals surface area (Å²) in [6.07, 6.45) is 2.84. The van der Waals surface area contributed by atoms with Crippen LogP contribution in [-0.4, -0.2) is 11.8 Å². The van der Waals surface area contributed by atoms with Crippen molar-refractivity contribution in [1.82, 2.24) is 5.32 Å². The van der Waals surface area contributed by atoms with Gasteiger partial charge in [-0.05, 0) is 61.9 Å². The Morgan fingerprint density at radius 3 is 2.36 bits per heavy atom. The Kier molecular flexibility index (Phi) is 6.44. The van der Waals surface area contributed by atoms with Gasteiger partial charge >= 0.3 is 0 Å². The van der Waals surface area contributed by atoms with Crippen LogP contribution in [0, 0.1) is 30.1 Å². The van der Waals surface area contributed by atoms with Crippen molar-refractivity contribution in [3.05, 3.63) is 65.2 Å². The molecule has 2 amide bonds. The fraction of sp³-hybridized carbons (Fsp3) is 0.348. The molecule has 1 aliphatic carbocycles. The van der Waals surface area contributed by atoms with E-state index in [2.05, 4.69) is 16.7 Å². The van der Waals surface area contributed by atoms with Crippen molar-refractivity contribution in [3.8, 4) is 6.07 Å². The molecule has 0 spiro atoms. The van der Waals surface area contributed by atoms with E-state index in [9.17, 15) is 9.59 Å². The Balaban J connectivity index is 1.47. The highest BCUT2D eigenvalue weighted by atomic mass is 16.2. The van der Waals surface area contributed by atoms with E-state index in [1.54, 1.807) is 24.3 Å². The Hall–Kier alpha value is -3.13. The molecule has 1 fully saturated rings. The van der Waals surface area contributed by atoms with Gasteiger partial charge in [-0.1, -0.05) is 30.3 Å². The Morgan fingerprint density at radius 2 is 1.68 bits per heavy atom. The van der Waals surface area contributed by atoms with Crippen LogP contribution in [0.2, 0.25) is 0 Å². The standard InChI is InChI=1S/C23H25N3O2/c1-16-5-2-3-7-20(16)15-25-22(27)18-9-11-19(12-10-18)23(28)26-21-8-4-6-17(13-21)14-24/h2-8,13,18-19H,9-12,15H2,1H3,(H,25,27)(H,26,28). The molecule has 0 saturated heterocycles. The summed E-state index contributed by atoms with van der Waals surface area (Å²) < 4.78 is 0. The van der Waals surface area contributed by atoms with Gasteiger partial charge in [0.25, 0.3) is 0 Å².